The molecule has 0 bridgehead atoms. The van der Waals surface area contributed by atoms with E-state index in [2.05, 4.69) is 4.98 Å². The molecule has 1 heterocycles. The zero-order valence-corrected chi connectivity index (χ0v) is 13.9. The molecule has 2 atom stereocenters. The maximum Gasteiger partial charge on any atom is 0.138 e. The number of aliphatic hydroxyl groups excluding tert-OH is 2. The van der Waals surface area contributed by atoms with Gasteiger partial charge in [-0.25, -0.2) is 4.98 Å². The summed E-state index contributed by atoms with van der Waals surface area (Å²) in [5.41, 5.74) is 2.73. The summed E-state index contributed by atoms with van der Waals surface area (Å²) < 4.78 is 7.57. The Morgan fingerprint density at radius 2 is 1.79 bits per heavy atom. The highest BCUT2D eigenvalue weighted by atomic mass is 16.5. The summed E-state index contributed by atoms with van der Waals surface area (Å²) in [6.07, 6.45) is -1.42. The first kappa shape index (κ1) is 16.5. The van der Waals surface area contributed by atoms with Crippen molar-refractivity contribution in [3.8, 4) is 5.75 Å². The van der Waals surface area contributed by atoms with Gasteiger partial charge < -0.3 is 19.5 Å². The minimum absolute atomic E-state index is 0.177. The van der Waals surface area contributed by atoms with Gasteiger partial charge in [-0.3, -0.25) is 0 Å². The first-order valence-corrected chi connectivity index (χ1v) is 8.06. The fourth-order valence-electron chi connectivity index (χ4n) is 2.77. The smallest absolute Gasteiger partial charge is 0.138 e. The summed E-state index contributed by atoms with van der Waals surface area (Å²) in [4.78, 5) is 4.46. The molecule has 0 radical (unpaired) electrons. The monoisotopic (exact) mass is 326 g/mol. The number of aromatic nitrogens is 2. The third kappa shape index (κ3) is 3.42. The van der Waals surface area contributed by atoms with Gasteiger partial charge in [-0.15, -0.1) is 0 Å². The normalized spacial score (nSPS) is 13.8. The van der Waals surface area contributed by atoms with Crippen molar-refractivity contribution in [3.63, 3.8) is 0 Å². The first-order chi connectivity index (χ1) is 11.6. The number of hydrogen-bond acceptors (Lipinski definition) is 4. The van der Waals surface area contributed by atoms with Crippen LogP contribution in [-0.2, 0) is 6.54 Å². The van der Waals surface area contributed by atoms with Crippen molar-refractivity contribution < 1.29 is 14.9 Å². The average Bonchev–Trinajstić information content (AvgIpc) is 2.93. The number of hydrogen-bond donors (Lipinski definition) is 2. The van der Waals surface area contributed by atoms with Crippen LogP contribution >= 0.6 is 0 Å². The van der Waals surface area contributed by atoms with Gasteiger partial charge in [-0.05, 0) is 37.6 Å². The summed E-state index contributed by atoms with van der Waals surface area (Å²) in [5, 5.41) is 20.4. The molecule has 24 heavy (non-hydrogen) atoms. The molecule has 0 saturated carbocycles. The standard InChI is InChI=1S/C19H22N2O3/c1-13-7-3-6-10-18(13)24-12-15(23)11-21-17-9-5-4-8-16(17)20-19(21)14(2)22/h3-10,14-15,22-23H,11-12H2,1-2H3/t14-,15-/m0/s1. The Kier molecular flexibility index (Phi) is 4.83. The van der Waals surface area contributed by atoms with E-state index < -0.39 is 12.2 Å². The van der Waals surface area contributed by atoms with E-state index in [9.17, 15) is 10.2 Å². The van der Waals surface area contributed by atoms with Gasteiger partial charge in [0.05, 0.1) is 17.6 Å². The molecule has 0 saturated heterocycles. The number of rotatable bonds is 6. The summed E-state index contributed by atoms with van der Waals surface area (Å²) in [6, 6.07) is 15.4. The van der Waals surface area contributed by atoms with Crippen LogP contribution in [0.2, 0.25) is 0 Å². The van der Waals surface area contributed by atoms with E-state index in [-0.39, 0.29) is 6.61 Å². The Morgan fingerprint density at radius 1 is 1.08 bits per heavy atom. The number of fused-ring (bicyclic) bond motifs is 1. The van der Waals surface area contributed by atoms with Crippen molar-refractivity contribution in [2.24, 2.45) is 0 Å². The summed E-state index contributed by atoms with van der Waals surface area (Å²) >= 11 is 0. The topological polar surface area (TPSA) is 67.5 Å². The molecule has 2 aromatic carbocycles. The summed E-state index contributed by atoms with van der Waals surface area (Å²) in [6.45, 7) is 4.13. The van der Waals surface area contributed by atoms with Crippen LogP contribution in [0, 0.1) is 6.92 Å². The molecule has 1 aromatic heterocycles. The van der Waals surface area contributed by atoms with Crippen LogP contribution in [0.5, 0.6) is 5.75 Å². The first-order valence-electron chi connectivity index (χ1n) is 8.06. The van der Waals surface area contributed by atoms with Crippen molar-refractivity contribution in [2.45, 2.75) is 32.6 Å². The third-order valence-electron chi connectivity index (χ3n) is 3.98. The van der Waals surface area contributed by atoms with Gasteiger partial charge >= 0.3 is 0 Å². The third-order valence-corrected chi connectivity index (χ3v) is 3.98. The van der Waals surface area contributed by atoms with Crippen LogP contribution in [0.1, 0.15) is 24.4 Å². The minimum Gasteiger partial charge on any atom is -0.491 e. The fourth-order valence-corrected chi connectivity index (χ4v) is 2.77. The summed E-state index contributed by atoms with van der Waals surface area (Å²) in [7, 11) is 0. The molecule has 5 nitrogen and oxygen atoms in total. The Bertz CT molecular complexity index is 826. The fraction of sp³-hybridized carbons (Fsp3) is 0.316. The molecule has 0 amide bonds. The lowest BCUT2D eigenvalue weighted by atomic mass is 10.2. The van der Waals surface area contributed by atoms with Crippen LogP contribution < -0.4 is 4.74 Å². The second kappa shape index (κ2) is 7.03. The van der Waals surface area contributed by atoms with Gasteiger partial charge in [0.15, 0.2) is 0 Å². The lowest BCUT2D eigenvalue weighted by molar-refractivity contribution is 0.0892. The number of aliphatic hydroxyl groups is 2. The molecule has 3 aromatic rings. The predicted molar refractivity (Wildman–Crippen MR) is 93.0 cm³/mol. The van der Waals surface area contributed by atoms with Crippen molar-refractivity contribution >= 4 is 11.0 Å². The number of aryl methyl sites for hydroxylation is 1. The lowest BCUT2D eigenvalue weighted by Gasteiger charge is -2.17. The molecule has 3 rings (SSSR count). The maximum atomic E-state index is 10.4. The molecule has 5 heteroatoms. The number of para-hydroxylation sites is 3. The number of imidazole rings is 1. The highest BCUT2D eigenvalue weighted by Crippen LogP contribution is 2.21. The Morgan fingerprint density at radius 3 is 2.54 bits per heavy atom. The van der Waals surface area contributed by atoms with Crippen LogP contribution in [-0.4, -0.2) is 32.5 Å². The molecule has 0 aliphatic rings. The average molecular weight is 326 g/mol. The second-order valence-corrected chi connectivity index (χ2v) is 5.98. The molecular formula is C19H22N2O3. The van der Waals surface area contributed by atoms with Crippen molar-refractivity contribution in [3.05, 3.63) is 59.9 Å². The molecule has 126 valence electrons. The number of benzene rings is 2. The Hall–Kier alpha value is -2.37. The number of nitrogens with zero attached hydrogens (tertiary/aromatic N) is 2. The van der Waals surface area contributed by atoms with Gasteiger partial charge in [0.1, 0.15) is 30.4 Å². The lowest BCUT2D eigenvalue weighted by Crippen LogP contribution is -2.25. The van der Waals surface area contributed by atoms with E-state index in [0.717, 1.165) is 22.3 Å². The van der Waals surface area contributed by atoms with Crippen molar-refractivity contribution in [1.29, 1.82) is 0 Å². The van der Waals surface area contributed by atoms with E-state index in [1.165, 1.54) is 0 Å². The largest absolute Gasteiger partial charge is 0.491 e. The maximum absolute atomic E-state index is 10.4. The van der Waals surface area contributed by atoms with Crippen LogP contribution in [0.15, 0.2) is 48.5 Å². The van der Waals surface area contributed by atoms with Crippen LogP contribution in [0.25, 0.3) is 11.0 Å². The Balaban J connectivity index is 1.76. The van der Waals surface area contributed by atoms with E-state index in [1.54, 1.807) is 6.92 Å². The van der Waals surface area contributed by atoms with Gasteiger partial charge in [-0.1, -0.05) is 30.3 Å². The SMILES string of the molecule is Cc1ccccc1OC[C@@H](O)Cn1c([C@H](C)O)nc2ccccc21. The zero-order chi connectivity index (χ0) is 17.1. The van der Waals surface area contributed by atoms with E-state index >= 15 is 0 Å². The quantitative estimate of drug-likeness (QED) is 0.731. The van der Waals surface area contributed by atoms with Crippen LogP contribution in [0.3, 0.4) is 0 Å². The highest BCUT2D eigenvalue weighted by Gasteiger charge is 2.17. The molecule has 0 unspecified atom stereocenters. The van der Waals surface area contributed by atoms with Gasteiger partial charge in [0.2, 0.25) is 0 Å². The number of ether oxygens (including phenoxy) is 1. The van der Waals surface area contributed by atoms with Gasteiger partial charge in [0, 0.05) is 0 Å². The molecule has 0 aliphatic heterocycles. The second-order valence-electron chi connectivity index (χ2n) is 5.98. The van der Waals surface area contributed by atoms with Gasteiger partial charge in [-0.2, -0.15) is 0 Å². The van der Waals surface area contributed by atoms with E-state index in [4.69, 9.17) is 4.74 Å². The minimum atomic E-state index is -0.709. The highest BCUT2D eigenvalue weighted by molar-refractivity contribution is 5.76. The molecule has 0 fully saturated rings. The molecule has 0 aliphatic carbocycles. The molecular weight excluding hydrogens is 304 g/mol. The predicted octanol–water partition coefficient (Wildman–Crippen LogP) is 2.84. The molecule has 2 N–H and O–H groups in total. The van der Waals surface area contributed by atoms with Crippen molar-refractivity contribution in [1.82, 2.24) is 9.55 Å². The van der Waals surface area contributed by atoms with E-state index in [0.29, 0.717) is 12.4 Å². The van der Waals surface area contributed by atoms with Crippen molar-refractivity contribution in [2.75, 3.05) is 6.61 Å². The van der Waals surface area contributed by atoms with Crippen LogP contribution in [0.4, 0.5) is 0 Å². The Labute approximate surface area is 141 Å². The summed E-state index contributed by atoms with van der Waals surface area (Å²) in [5.74, 6) is 1.31. The van der Waals surface area contributed by atoms with Gasteiger partial charge in [0.25, 0.3) is 0 Å². The molecule has 0 spiro atoms. The zero-order valence-electron chi connectivity index (χ0n) is 13.9. The van der Waals surface area contributed by atoms with E-state index in [1.807, 2.05) is 60.0 Å².